The van der Waals surface area contributed by atoms with Gasteiger partial charge in [-0.05, 0) is 47.3 Å². The second-order valence-electron chi connectivity index (χ2n) is 6.23. The summed E-state index contributed by atoms with van der Waals surface area (Å²) in [6.45, 7) is 0. The third-order valence-corrected chi connectivity index (χ3v) is 4.66. The lowest BCUT2D eigenvalue weighted by Crippen LogP contribution is -1.98. The van der Waals surface area contributed by atoms with Gasteiger partial charge in [0.25, 0.3) is 0 Å². The van der Waals surface area contributed by atoms with Crippen LogP contribution in [0.4, 0.5) is 5.82 Å². The molecule has 4 heteroatoms. The Balaban J connectivity index is 2.05. The highest BCUT2D eigenvalue weighted by atomic mass is 16.5. The van der Waals surface area contributed by atoms with Crippen molar-refractivity contribution in [1.82, 2.24) is 4.98 Å². The number of aromatic nitrogens is 1. The molecule has 0 saturated heterocycles. The highest BCUT2D eigenvalue weighted by Gasteiger charge is 2.16. The van der Waals surface area contributed by atoms with E-state index < -0.39 is 0 Å². The highest BCUT2D eigenvalue weighted by Crippen LogP contribution is 2.39. The van der Waals surface area contributed by atoms with Crippen LogP contribution < -0.4 is 15.2 Å². The smallest absolute Gasteiger partial charge is 0.132 e. The Morgan fingerprint density at radius 1 is 0.704 bits per heavy atom. The summed E-state index contributed by atoms with van der Waals surface area (Å²) in [7, 11) is 3.33. The molecule has 0 atom stereocenters. The Morgan fingerprint density at radius 2 is 1.41 bits per heavy atom. The monoisotopic (exact) mass is 356 g/mol. The van der Waals surface area contributed by atoms with Crippen LogP contribution in [-0.4, -0.2) is 19.2 Å². The maximum absolute atomic E-state index is 6.29. The number of pyridine rings is 1. The van der Waals surface area contributed by atoms with Gasteiger partial charge in [0.15, 0.2) is 0 Å². The minimum Gasteiger partial charge on any atom is -0.497 e. The van der Waals surface area contributed by atoms with Crippen LogP contribution in [0.5, 0.6) is 11.5 Å². The Labute approximate surface area is 158 Å². The van der Waals surface area contributed by atoms with Crippen LogP contribution in [-0.2, 0) is 0 Å². The van der Waals surface area contributed by atoms with Gasteiger partial charge in [0.2, 0.25) is 0 Å². The van der Waals surface area contributed by atoms with Gasteiger partial charge >= 0.3 is 0 Å². The summed E-state index contributed by atoms with van der Waals surface area (Å²) in [5.41, 5.74) is 10.2. The molecule has 4 aromatic rings. The van der Waals surface area contributed by atoms with Crippen LogP contribution in [0.25, 0.3) is 33.2 Å². The fourth-order valence-electron chi connectivity index (χ4n) is 3.32. The number of methoxy groups -OCH3 is 2. The SMILES string of the molecule is COc1ccc(-c2nc(N)c3ccccc3c2-c2cccc(OC)c2)cc1. The molecule has 0 aliphatic carbocycles. The predicted molar refractivity (Wildman–Crippen MR) is 110 cm³/mol. The zero-order valence-electron chi connectivity index (χ0n) is 15.3. The van der Waals surface area contributed by atoms with Crippen molar-refractivity contribution in [3.8, 4) is 33.9 Å². The molecule has 0 unspecified atom stereocenters. The lowest BCUT2D eigenvalue weighted by Gasteiger charge is -2.15. The van der Waals surface area contributed by atoms with E-state index in [0.29, 0.717) is 5.82 Å². The van der Waals surface area contributed by atoms with E-state index in [9.17, 15) is 0 Å². The molecule has 0 bridgehead atoms. The van der Waals surface area contributed by atoms with Gasteiger partial charge in [-0.2, -0.15) is 0 Å². The van der Waals surface area contributed by atoms with Gasteiger partial charge in [-0.15, -0.1) is 0 Å². The summed E-state index contributed by atoms with van der Waals surface area (Å²) < 4.78 is 10.7. The summed E-state index contributed by atoms with van der Waals surface area (Å²) in [4.78, 5) is 4.76. The Kier molecular flexibility index (Phi) is 4.38. The first kappa shape index (κ1) is 16.9. The largest absolute Gasteiger partial charge is 0.497 e. The predicted octanol–water partition coefficient (Wildman–Crippen LogP) is 5.17. The summed E-state index contributed by atoms with van der Waals surface area (Å²) in [6.07, 6.45) is 0. The van der Waals surface area contributed by atoms with E-state index in [-0.39, 0.29) is 0 Å². The lowest BCUT2D eigenvalue weighted by molar-refractivity contribution is 0.415. The Morgan fingerprint density at radius 3 is 2.11 bits per heavy atom. The minimum atomic E-state index is 0.517. The standard InChI is InChI=1S/C23H20N2O2/c1-26-17-12-10-15(11-13-17)22-21(16-6-5-7-18(14-16)27-2)19-8-3-4-9-20(19)23(24)25-22/h3-14H,1-2H3,(H2,24,25). The molecular formula is C23H20N2O2. The van der Waals surface area contributed by atoms with Crippen molar-refractivity contribution in [1.29, 1.82) is 0 Å². The van der Waals surface area contributed by atoms with Crippen molar-refractivity contribution in [2.45, 2.75) is 0 Å². The van der Waals surface area contributed by atoms with Gasteiger partial charge in [0.1, 0.15) is 17.3 Å². The van der Waals surface area contributed by atoms with E-state index in [1.165, 1.54) is 0 Å². The van der Waals surface area contributed by atoms with E-state index in [2.05, 4.69) is 12.1 Å². The van der Waals surface area contributed by atoms with Gasteiger partial charge in [-0.1, -0.05) is 36.4 Å². The molecule has 0 aliphatic heterocycles. The number of hydrogen-bond donors (Lipinski definition) is 1. The molecule has 0 aliphatic rings. The van der Waals surface area contributed by atoms with Crippen LogP contribution >= 0.6 is 0 Å². The molecular weight excluding hydrogens is 336 g/mol. The molecule has 2 N–H and O–H groups in total. The number of ether oxygens (including phenoxy) is 2. The fourth-order valence-corrected chi connectivity index (χ4v) is 3.32. The number of benzene rings is 3. The van der Waals surface area contributed by atoms with Gasteiger partial charge in [0, 0.05) is 16.5 Å². The second kappa shape index (κ2) is 7.00. The van der Waals surface area contributed by atoms with Gasteiger partial charge in [-0.3, -0.25) is 0 Å². The molecule has 1 aromatic heterocycles. The van der Waals surface area contributed by atoms with Crippen LogP contribution in [0.15, 0.2) is 72.8 Å². The van der Waals surface area contributed by atoms with Crippen LogP contribution in [0, 0.1) is 0 Å². The van der Waals surface area contributed by atoms with Crippen LogP contribution in [0.1, 0.15) is 0 Å². The molecule has 1 heterocycles. The van der Waals surface area contributed by atoms with E-state index in [4.69, 9.17) is 20.2 Å². The molecule has 27 heavy (non-hydrogen) atoms. The molecule has 0 fully saturated rings. The second-order valence-corrected chi connectivity index (χ2v) is 6.23. The summed E-state index contributed by atoms with van der Waals surface area (Å²) in [6, 6.07) is 23.9. The maximum Gasteiger partial charge on any atom is 0.132 e. The third kappa shape index (κ3) is 3.06. The van der Waals surface area contributed by atoms with Crippen molar-refractivity contribution in [2.75, 3.05) is 20.0 Å². The molecule has 3 aromatic carbocycles. The zero-order chi connectivity index (χ0) is 18.8. The quantitative estimate of drug-likeness (QED) is 0.548. The molecule has 4 nitrogen and oxygen atoms in total. The van der Waals surface area contributed by atoms with E-state index in [0.717, 1.165) is 44.7 Å². The van der Waals surface area contributed by atoms with Gasteiger partial charge < -0.3 is 15.2 Å². The molecule has 0 saturated carbocycles. The lowest BCUT2D eigenvalue weighted by atomic mass is 9.93. The van der Waals surface area contributed by atoms with E-state index >= 15 is 0 Å². The molecule has 0 spiro atoms. The summed E-state index contributed by atoms with van der Waals surface area (Å²) in [5, 5.41) is 2.00. The topological polar surface area (TPSA) is 57.4 Å². The van der Waals surface area contributed by atoms with Crippen molar-refractivity contribution in [3.63, 3.8) is 0 Å². The molecule has 134 valence electrons. The first-order valence-corrected chi connectivity index (χ1v) is 8.68. The first-order valence-electron chi connectivity index (χ1n) is 8.68. The number of hydrogen-bond acceptors (Lipinski definition) is 4. The van der Waals surface area contributed by atoms with Crippen molar-refractivity contribution >= 4 is 16.6 Å². The highest BCUT2D eigenvalue weighted by molar-refractivity contribution is 6.06. The number of fused-ring (bicyclic) bond motifs is 1. The first-order chi connectivity index (χ1) is 13.2. The van der Waals surface area contributed by atoms with Gasteiger partial charge in [0.05, 0.1) is 19.9 Å². The number of nitrogen functional groups attached to an aromatic ring is 1. The number of rotatable bonds is 4. The number of anilines is 1. The van der Waals surface area contributed by atoms with Crippen LogP contribution in [0.2, 0.25) is 0 Å². The Hall–Kier alpha value is -3.53. The van der Waals surface area contributed by atoms with Crippen LogP contribution in [0.3, 0.4) is 0 Å². The summed E-state index contributed by atoms with van der Waals surface area (Å²) in [5.74, 6) is 2.12. The normalized spacial score (nSPS) is 10.7. The minimum absolute atomic E-state index is 0.517. The molecule has 0 radical (unpaired) electrons. The fraction of sp³-hybridized carbons (Fsp3) is 0.0870. The zero-order valence-corrected chi connectivity index (χ0v) is 15.3. The van der Waals surface area contributed by atoms with Crippen molar-refractivity contribution < 1.29 is 9.47 Å². The summed E-state index contributed by atoms with van der Waals surface area (Å²) >= 11 is 0. The third-order valence-electron chi connectivity index (χ3n) is 4.66. The van der Waals surface area contributed by atoms with Crippen molar-refractivity contribution in [3.05, 3.63) is 72.8 Å². The molecule has 0 amide bonds. The van der Waals surface area contributed by atoms with E-state index in [1.807, 2.05) is 60.7 Å². The Bertz CT molecular complexity index is 1110. The van der Waals surface area contributed by atoms with Gasteiger partial charge in [-0.25, -0.2) is 4.98 Å². The molecule has 4 rings (SSSR count). The maximum atomic E-state index is 6.29. The average Bonchev–Trinajstić information content (AvgIpc) is 2.74. The number of nitrogens with two attached hydrogens (primary N) is 1. The van der Waals surface area contributed by atoms with E-state index in [1.54, 1.807) is 14.2 Å². The number of nitrogens with zero attached hydrogens (tertiary/aromatic N) is 1. The average molecular weight is 356 g/mol. The van der Waals surface area contributed by atoms with Crippen molar-refractivity contribution in [2.24, 2.45) is 0 Å².